The number of nitrogens with zero attached hydrogens (tertiary/aromatic N) is 3. The molecule has 0 saturated carbocycles. The van der Waals surface area contributed by atoms with Crippen molar-refractivity contribution in [2.75, 3.05) is 10.6 Å². The summed E-state index contributed by atoms with van der Waals surface area (Å²) in [4.78, 5) is 17.2. The Hall–Kier alpha value is -3.48. The second-order valence-corrected chi connectivity index (χ2v) is 5.97. The number of rotatable bonds is 3. The molecule has 3 aromatic rings. The molecule has 0 bridgehead atoms. The predicted octanol–water partition coefficient (Wildman–Crippen LogP) is 3.34. The first-order chi connectivity index (χ1) is 12.6. The minimum Gasteiger partial charge on any atom is -0.328 e. The summed E-state index contributed by atoms with van der Waals surface area (Å²) in [6, 6.07) is 14.8. The molecule has 0 saturated heterocycles. The molecule has 1 amide bonds. The highest BCUT2D eigenvalue weighted by Gasteiger charge is 2.33. The standard InChI is InChI=1S/C19H16FN5O/c1-12-16(18(26)24-15-8-3-2-4-9-15)17(13-6-5-7-14(20)10-13)25-19(23-12)21-11-22-25/h2-11,17H,1H3,(H,24,26)(H,21,22,23)/t17-/m1/s1. The van der Waals surface area contributed by atoms with Gasteiger partial charge < -0.3 is 10.6 Å². The molecule has 26 heavy (non-hydrogen) atoms. The summed E-state index contributed by atoms with van der Waals surface area (Å²) in [6.07, 6.45) is 1.40. The minimum atomic E-state index is -0.576. The number of hydrogen-bond acceptors (Lipinski definition) is 4. The molecule has 0 radical (unpaired) electrons. The largest absolute Gasteiger partial charge is 0.328 e. The van der Waals surface area contributed by atoms with Gasteiger partial charge in [0, 0.05) is 11.4 Å². The van der Waals surface area contributed by atoms with Crippen molar-refractivity contribution < 1.29 is 9.18 Å². The fourth-order valence-electron chi connectivity index (χ4n) is 3.09. The molecule has 0 aliphatic carbocycles. The number of benzene rings is 2. The van der Waals surface area contributed by atoms with Crippen LogP contribution in [-0.2, 0) is 4.79 Å². The summed E-state index contributed by atoms with van der Waals surface area (Å²) in [6.45, 7) is 1.80. The van der Waals surface area contributed by atoms with Crippen LogP contribution in [0.25, 0.3) is 0 Å². The number of allylic oxidation sites excluding steroid dienone is 1. The Morgan fingerprint density at radius 1 is 1.19 bits per heavy atom. The van der Waals surface area contributed by atoms with Crippen molar-refractivity contribution in [3.05, 3.63) is 83.6 Å². The molecule has 0 unspecified atom stereocenters. The van der Waals surface area contributed by atoms with Crippen molar-refractivity contribution >= 4 is 17.5 Å². The third kappa shape index (κ3) is 2.83. The number of aromatic nitrogens is 3. The van der Waals surface area contributed by atoms with E-state index in [9.17, 15) is 9.18 Å². The van der Waals surface area contributed by atoms with E-state index in [0.717, 1.165) is 0 Å². The molecule has 4 rings (SSSR count). The summed E-state index contributed by atoms with van der Waals surface area (Å²) >= 11 is 0. The van der Waals surface area contributed by atoms with Gasteiger partial charge in [-0.1, -0.05) is 30.3 Å². The van der Waals surface area contributed by atoms with Gasteiger partial charge in [0.25, 0.3) is 5.91 Å². The number of hydrogen-bond donors (Lipinski definition) is 2. The van der Waals surface area contributed by atoms with Crippen LogP contribution in [-0.4, -0.2) is 20.7 Å². The van der Waals surface area contributed by atoms with Crippen LogP contribution in [0, 0.1) is 5.82 Å². The molecule has 6 nitrogen and oxygen atoms in total. The molecule has 1 aromatic heterocycles. The first-order valence-electron chi connectivity index (χ1n) is 8.12. The van der Waals surface area contributed by atoms with Crippen LogP contribution in [0.15, 0.2) is 72.2 Å². The SMILES string of the molecule is CC1=C(C(=O)Nc2ccccc2)[C@@H](c2cccc(F)c2)n2ncnc2N1. The van der Waals surface area contributed by atoms with Crippen LogP contribution in [0.4, 0.5) is 16.0 Å². The van der Waals surface area contributed by atoms with E-state index in [4.69, 9.17) is 0 Å². The van der Waals surface area contributed by atoms with Gasteiger partial charge in [-0.25, -0.2) is 9.07 Å². The summed E-state index contributed by atoms with van der Waals surface area (Å²) in [5.41, 5.74) is 2.40. The number of carbonyl (C=O) groups is 1. The van der Waals surface area contributed by atoms with Crippen molar-refractivity contribution in [1.82, 2.24) is 14.8 Å². The Morgan fingerprint density at radius 3 is 2.77 bits per heavy atom. The van der Waals surface area contributed by atoms with Crippen LogP contribution in [0.5, 0.6) is 0 Å². The topological polar surface area (TPSA) is 71.8 Å². The van der Waals surface area contributed by atoms with Crippen LogP contribution >= 0.6 is 0 Å². The third-order valence-corrected chi connectivity index (χ3v) is 4.24. The van der Waals surface area contributed by atoms with Gasteiger partial charge in [0.15, 0.2) is 0 Å². The van der Waals surface area contributed by atoms with Gasteiger partial charge in [0.2, 0.25) is 5.95 Å². The van der Waals surface area contributed by atoms with Gasteiger partial charge in [-0.3, -0.25) is 4.79 Å². The van der Waals surface area contributed by atoms with E-state index in [1.807, 2.05) is 30.3 Å². The number of amides is 1. The smallest absolute Gasteiger partial charge is 0.255 e. The zero-order valence-electron chi connectivity index (χ0n) is 14.0. The van der Waals surface area contributed by atoms with Gasteiger partial charge in [-0.05, 0) is 36.8 Å². The molecular formula is C19H16FN5O. The molecule has 130 valence electrons. The van der Waals surface area contributed by atoms with Crippen molar-refractivity contribution in [2.24, 2.45) is 0 Å². The number of anilines is 2. The number of nitrogens with one attached hydrogen (secondary N) is 2. The number of fused-ring (bicyclic) bond motifs is 1. The Balaban J connectivity index is 1.78. The maximum absolute atomic E-state index is 13.8. The van der Waals surface area contributed by atoms with Gasteiger partial charge in [-0.2, -0.15) is 10.1 Å². The Bertz CT molecular complexity index is 996. The highest BCUT2D eigenvalue weighted by atomic mass is 19.1. The number of para-hydroxylation sites is 1. The Labute approximate surface area is 149 Å². The molecule has 7 heteroatoms. The average molecular weight is 349 g/mol. The van der Waals surface area contributed by atoms with Crippen LogP contribution in [0.2, 0.25) is 0 Å². The normalized spacial score (nSPS) is 16.0. The van der Waals surface area contributed by atoms with E-state index in [-0.39, 0.29) is 11.7 Å². The van der Waals surface area contributed by atoms with Crippen molar-refractivity contribution in [2.45, 2.75) is 13.0 Å². The van der Waals surface area contributed by atoms with Gasteiger partial charge in [-0.15, -0.1) is 0 Å². The summed E-state index contributed by atoms with van der Waals surface area (Å²) in [5.74, 6) is -0.146. The maximum Gasteiger partial charge on any atom is 0.255 e. The van der Waals surface area contributed by atoms with Crippen LogP contribution in [0.3, 0.4) is 0 Å². The van der Waals surface area contributed by atoms with Crippen LogP contribution in [0.1, 0.15) is 18.5 Å². The predicted molar refractivity (Wildman–Crippen MR) is 96.0 cm³/mol. The van der Waals surface area contributed by atoms with E-state index in [1.54, 1.807) is 23.7 Å². The average Bonchev–Trinajstić information content (AvgIpc) is 3.09. The van der Waals surface area contributed by atoms with Gasteiger partial charge in [0.05, 0.1) is 5.57 Å². The lowest BCUT2D eigenvalue weighted by Crippen LogP contribution is -2.31. The first-order valence-corrected chi connectivity index (χ1v) is 8.12. The van der Waals surface area contributed by atoms with E-state index < -0.39 is 6.04 Å². The molecule has 1 atom stereocenters. The second kappa shape index (κ2) is 6.44. The molecule has 2 heterocycles. The molecular weight excluding hydrogens is 333 g/mol. The quantitative estimate of drug-likeness (QED) is 0.761. The molecule has 1 aliphatic rings. The summed E-state index contributed by atoms with van der Waals surface area (Å²) in [7, 11) is 0. The molecule has 2 N–H and O–H groups in total. The zero-order valence-corrected chi connectivity index (χ0v) is 14.0. The Kier molecular flexibility index (Phi) is 3.96. The van der Waals surface area contributed by atoms with E-state index >= 15 is 0 Å². The Morgan fingerprint density at radius 2 is 2.00 bits per heavy atom. The van der Waals surface area contributed by atoms with Gasteiger partial charge >= 0.3 is 0 Å². The fourth-order valence-corrected chi connectivity index (χ4v) is 3.09. The molecule has 1 aliphatic heterocycles. The molecule has 0 spiro atoms. The third-order valence-electron chi connectivity index (χ3n) is 4.24. The van der Waals surface area contributed by atoms with Gasteiger partial charge in [0.1, 0.15) is 18.2 Å². The summed E-state index contributed by atoms with van der Waals surface area (Å²) in [5, 5.41) is 10.2. The van der Waals surface area contributed by atoms with Crippen molar-refractivity contribution in [1.29, 1.82) is 0 Å². The highest BCUT2D eigenvalue weighted by molar-refractivity contribution is 6.06. The van der Waals surface area contributed by atoms with E-state index in [1.165, 1.54) is 18.5 Å². The molecule has 0 fully saturated rings. The van der Waals surface area contributed by atoms with Crippen molar-refractivity contribution in [3.63, 3.8) is 0 Å². The van der Waals surface area contributed by atoms with Crippen LogP contribution < -0.4 is 10.6 Å². The fraction of sp³-hybridized carbons (Fsp3) is 0.105. The zero-order chi connectivity index (χ0) is 18.1. The second-order valence-electron chi connectivity index (χ2n) is 5.97. The van der Waals surface area contributed by atoms with Crippen molar-refractivity contribution in [3.8, 4) is 0 Å². The maximum atomic E-state index is 13.8. The lowest BCUT2D eigenvalue weighted by atomic mass is 9.95. The monoisotopic (exact) mass is 349 g/mol. The number of halogens is 1. The first kappa shape index (κ1) is 16.0. The molecule has 2 aromatic carbocycles. The minimum absolute atomic E-state index is 0.281. The number of carbonyl (C=O) groups excluding carboxylic acids is 1. The van der Waals surface area contributed by atoms with E-state index in [0.29, 0.717) is 28.5 Å². The lowest BCUT2D eigenvalue weighted by Gasteiger charge is -2.28. The summed E-state index contributed by atoms with van der Waals surface area (Å²) < 4.78 is 15.4. The highest BCUT2D eigenvalue weighted by Crippen LogP contribution is 2.35. The van der Waals surface area contributed by atoms with E-state index in [2.05, 4.69) is 20.7 Å². The lowest BCUT2D eigenvalue weighted by molar-refractivity contribution is -0.113.